The van der Waals surface area contributed by atoms with E-state index in [4.69, 9.17) is 10.3 Å². The largest absolute Gasteiger partial charge is 0.339 e. The number of aromatic nitrogens is 2. The molecule has 2 rings (SSSR count). The number of hydrogen-bond acceptors (Lipinski definition) is 4. The van der Waals surface area contributed by atoms with Gasteiger partial charge in [-0.25, -0.2) is 0 Å². The number of nitrogens with zero attached hydrogens (tertiary/aromatic N) is 2. The first-order valence-corrected chi connectivity index (χ1v) is 7.25. The van der Waals surface area contributed by atoms with Crippen molar-refractivity contribution in [2.24, 2.45) is 5.73 Å². The Morgan fingerprint density at radius 2 is 2.05 bits per heavy atom. The van der Waals surface area contributed by atoms with Crippen molar-refractivity contribution in [1.29, 1.82) is 0 Å². The van der Waals surface area contributed by atoms with Crippen LogP contribution in [0, 0.1) is 0 Å². The smallest absolute Gasteiger partial charge is 0.229 e. The van der Waals surface area contributed by atoms with E-state index in [0.29, 0.717) is 18.9 Å². The van der Waals surface area contributed by atoms with E-state index in [1.165, 1.54) is 5.56 Å². The molecule has 0 radical (unpaired) electrons. The maximum Gasteiger partial charge on any atom is 0.229 e. The Balaban J connectivity index is 1.98. The fraction of sp³-hybridized carbons (Fsp3) is 0.429. The van der Waals surface area contributed by atoms with Crippen molar-refractivity contribution in [2.45, 2.75) is 32.1 Å². The Kier molecular flexibility index (Phi) is 5.10. The Hall–Kier alpha value is -1.20. The van der Waals surface area contributed by atoms with Gasteiger partial charge in [0.1, 0.15) is 0 Å². The van der Waals surface area contributed by atoms with Crippen LogP contribution in [0.15, 0.2) is 33.3 Å². The lowest BCUT2D eigenvalue weighted by molar-refractivity contribution is 0.349. The van der Waals surface area contributed by atoms with Crippen molar-refractivity contribution >= 4 is 15.9 Å². The molecule has 0 aliphatic carbocycles. The summed E-state index contributed by atoms with van der Waals surface area (Å²) in [6.07, 6.45) is 2.66. The molecule has 1 atom stereocenters. The molecule has 4 nitrogen and oxygen atoms in total. The lowest BCUT2D eigenvalue weighted by Gasteiger charge is -2.03. The van der Waals surface area contributed by atoms with Crippen LogP contribution in [0.5, 0.6) is 0 Å². The zero-order valence-corrected chi connectivity index (χ0v) is 12.6. The Morgan fingerprint density at radius 1 is 1.32 bits per heavy atom. The quantitative estimate of drug-likeness (QED) is 0.886. The summed E-state index contributed by atoms with van der Waals surface area (Å²) < 4.78 is 6.38. The lowest BCUT2D eigenvalue weighted by Crippen LogP contribution is -2.02. The first-order chi connectivity index (χ1) is 9.19. The van der Waals surface area contributed by atoms with Gasteiger partial charge in [-0.3, -0.25) is 0 Å². The number of halogens is 1. The van der Waals surface area contributed by atoms with Crippen LogP contribution >= 0.6 is 15.9 Å². The second-order valence-corrected chi connectivity index (χ2v) is 5.60. The topological polar surface area (TPSA) is 64.9 Å². The first-order valence-electron chi connectivity index (χ1n) is 6.46. The van der Waals surface area contributed by atoms with Gasteiger partial charge in [-0.15, -0.1) is 0 Å². The van der Waals surface area contributed by atoms with Crippen LogP contribution in [0.3, 0.4) is 0 Å². The van der Waals surface area contributed by atoms with Crippen molar-refractivity contribution in [3.63, 3.8) is 0 Å². The van der Waals surface area contributed by atoms with Gasteiger partial charge < -0.3 is 10.3 Å². The van der Waals surface area contributed by atoms with E-state index in [1.807, 2.05) is 12.1 Å². The third-order valence-electron chi connectivity index (χ3n) is 3.02. The third kappa shape index (κ3) is 4.14. The molecule has 0 bridgehead atoms. The monoisotopic (exact) mass is 323 g/mol. The highest BCUT2D eigenvalue weighted by molar-refractivity contribution is 9.10. The number of benzene rings is 1. The molecule has 1 aromatic carbocycles. The van der Waals surface area contributed by atoms with E-state index >= 15 is 0 Å². The molecular weight excluding hydrogens is 306 g/mol. The SMILES string of the molecule is CC(CCCN)c1nc(Cc2ccc(Br)cc2)no1. The summed E-state index contributed by atoms with van der Waals surface area (Å²) in [5.74, 6) is 1.72. The van der Waals surface area contributed by atoms with Crippen LogP contribution in [-0.4, -0.2) is 16.7 Å². The number of hydrogen-bond donors (Lipinski definition) is 1. The molecule has 0 amide bonds. The minimum Gasteiger partial charge on any atom is -0.339 e. The molecule has 0 saturated carbocycles. The molecule has 5 heteroatoms. The molecule has 0 saturated heterocycles. The highest BCUT2D eigenvalue weighted by atomic mass is 79.9. The minimum atomic E-state index is 0.273. The van der Waals surface area contributed by atoms with Crippen molar-refractivity contribution < 1.29 is 4.52 Å². The molecule has 0 aliphatic heterocycles. The molecule has 2 N–H and O–H groups in total. The van der Waals surface area contributed by atoms with Crippen LogP contribution in [0.1, 0.15) is 43.0 Å². The second-order valence-electron chi connectivity index (χ2n) is 4.68. The predicted molar refractivity (Wildman–Crippen MR) is 77.9 cm³/mol. The summed E-state index contributed by atoms with van der Waals surface area (Å²) in [7, 11) is 0. The summed E-state index contributed by atoms with van der Waals surface area (Å²) in [5, 5.41) is 4.03. The standard InChI is InChI=1S/C14H18BrN3O/c1-10(3-2-8-16)14-17-13(18-19-14)9-11-4-6-12(15)7-5-11/h4-7,10H,2-3,8-9,16H2,1H3. The molecule has 1 unspecified atom stereocenters. The predicted octanol–water partition coefficient (Wildman–Crippen LogP) is 3.27. The molecule has 0 spiro atoms. The molecule has 0 aliphatic rings. The molecule has 1 aromatic heterocycles. The normalized spacial score (nSPS) is 12.6. The van der Waals surface area contributed by atoms with E-state index in [0.717, 1.165) is 23.1 Å². The third-order valence-corrected chi connectivity index (χ3v) is 3.55. The van der Waals surface area contributed by atoms with E-state index in [1.54, 1.807) is 0 Å². The van der Waals surface area contributed by atoms with Crippen molar-refractivity contribution in [3.8, 4) is 0 Å². The van der Waals surface area contributed by atoms with Gasteiger partial charge in [0, 0.05) is 16.8 Å². The Morgan fingerprint density at radius 3 is 2.74 bits per heavy atom. The summed E-state index contributed by atoms with van der Waals surface area (Å²) in [4.78, 5) is 4.45. The lowest BCUT2D eigenvalue weighted by atomic mass is 10.1. The number of rotatable bonds is 6. The zero-order chi connectivity index (χ0) is 13.7. The van der Waals surface area contributed by atoms with E-state index in [-0.39, 0.29) is 5.92 Å². The first kappa shape index (κ1) is 14.2. The zero-order valence-electron chi connectivity index (χ0n) is 11.0. The van der Waals surface area contributed by atoms with Crippen LogP contribution in [0.2, 0.25) is 0 Å². The maximum absolute atomic E-state index is 5.50. The maximum atomic E-state index is 5.50. The van der Waals surface area contributed by atoms with Crippen molar-refractivity contribution in [1.82, 2.24) is 10.1 Å². The van der Waals surface area contributed by atoms with Crippen LogP contribution in [0.25, 0.3) is 0 Å². The van der Waals surface area contributed by atoms with Gasteiger partial charge in [0.05, 0.1) is 0 Å². The summed E-state index contributed by atoms with van der Waals surface area (Å²) in [6.45, 7) is 2.79. The molecule has 2 aromatic rings. The van der Waals surface area contributed by atoms with Crippen molar-refractivity contribution in [3.05, 3.63) is 46.0 Å². The molecule has 0 fully saturated rings. The van der Waals surface area contributed by atoms with E-state index in [9.17, 15) is 0 Å². The average Bonchev–Trinajstić information content (AvgIpc) is 2.87. The molecule has 19 heavy (non-hydrogen) atoms. The molecular formula is C14H18BrN3O. The van der Waals surface area contributed by atoms with Gasteiger partial charge in [0.25, 0.3) is 0 Å². The Labute approximate surface area is 121 Å². The van der Waals surface area contributed by atoms with Crippen LogP contribution in [0.4, 0.5) is 0 Å². The van der Waals surface area contributed by atoms with E-state index < -0.39 is 0 Å². The molecule has 102 valence electrons. The average molecular weight is 324 g/mol. The summed E-state index contributed by atoms with van der Waals surface area (Å²) in [5.41, 5.74) is 6.68. The molecule has 1 heterocycles. The van der Waals surface area contributed by atoms with Crippen LogP contribution < -0.4 is 5.73 Å². The summed E-state index contributed by atoms with van der Waals surface area (Å²) in [6, 6.07) is 8.14. The highest BCUT2D eigenvalue weighted by Crippen LogP contribution is 2.19. The number of nitrogens with two attached hydrogens (primary N) is 1. The van der Waals surface area contributed by atoms with Crippen molar-refractivity contribution in [2.75, 3.05) is 6.54 Å². The summed E-state index contributed by atoms with van der Waals surface area (Å²) >= 11 is 3.42. The Bertz CT molecular complexity index is 510. The minimum absolute atomic E-state index is 0.273. The van der Waals surface area contributed by atoms with Gasteiger partial charge in [-0.2, -0.15) is 4.98 Å². The fourth-order valence-electron chi connectivity index (χ4n) is 1.87. The van der Waals surface area contributed by atoms with Gasteiger partial charge in [-0.05, 0) is 37.1 Å². The van der Waals surface area contributed by atoms with Gasteiger partial charge in [0.2, 0.25) is 5.89 Å². The van der Waals surface area contributed by atoms with Gasteiger partial charge in [-0.1, -0.05) is 40.1 Å². The van der Waals surface area contributed by atoms with Gasteiger partial charge in [0.15, 0.2) is 5.82 Å². The van der Waals surface area contributed by atoms with Gasteiger partial charge >= 0.3 is 0 Å². The second kappa shape index (κ2) is 6.82. The van der Waals surface area contributed by atoms with Crippen LogP contribution in [-0.2, 0) is 6.42 Å². The highest BCUT2D eigenvalue weighted by Gasteiger charge is 2.13. The van der Waals surface area contributed by atoms with E-state index in [2.05, 4.69) is 45.1 Å². The fourth-order valence-corrected chi connectivity index (χ4v) is 2.14.